The molecule has 1 heterocycles. The number of halogens is 1. The summed E-state index contributed by atoms with van der Waals surface area (Å²) in [7, 11) is 0. The third-order valence-corrected chi connectivity index (χ3v) is 6.02. The fourth-order valence-corrected chi connectivity index (χ4v) is 4.06. The van der Waals surface area contributed by atoms with Crippen LogP contribution in [0.2, 0.25) is 5.02 Å². The van der Waals surface area contributed by atoms with E-state index < -0.39 is 0 Å². The smallest absolute Gasteiger partial charge is 0.255 e. The number of aryl methyl sites for hydroxylation is 1. The van der Waals surface area contributed by atoms with Crippen LogP contribution in [0, 0.1) is 6.92 Å². The van der Waals surface area contributed by atoms with Gasteiger partial charge in [-0.3, -0.25) is 14.6 Å². The number of carbonyl (C=O) groups excluding carboxylic acids is 1. The molecule has 0 atom stereocenters. The second-order valence-corrected chi connectivity index (χ2v) is 8.58. The molecule has 0 aliphatic carbocycles. The lowest BCUT2D eigenvalue weighted by molar-refractivity contribution is 0.102. The Morgan fingerprint density at radius 2 is 1.42 bits per heavy atom. The monoisotopic (exact) mass is 433 g/mol. The minimum atomic E-state index is -0.119. The molecule has 0 unspecified atom stereocenters. The van der Waals surface area contributed by atoms with Crippen LogP contribution in [0.4, 0.5) is 5.69 Å². The Bertz CT molecular complexity index is 1010. The molecule has 3 aromatic rings. The van der Waals surface area contributed by atoms with E-state index in [-0.39, 0.29) is 5.91 Å². The summed E-state index contributed by atoms with van der Waals surface area (Å²) in [4.78, 5) is 17.6. The molecule has 0 radical (unpaired) electrons. The molecule has 1 aliphatic heterocycles. The van der Waals surface area contributed by atoms with E-state index in [2.05, 4.69) is 57.6 Å². The Labute approximate surface area is 189 Å². The summed E-state index contributed by atoms with van der Waals surface area (Å²) in [6, 6.07) is 24.1. The summed E-state index contributed by atoms with van der Waals surface area (Å²) in [5.74, 6) is -0.119. The maximum Gasteiger partial charge on any atom is 0.255 e. The molecule has 4 nitrogen and oxygen atoms in total. The van der Waals surface area contributed by atoms with E-state index in [9.17, 15) is 4.79 Å². The van der Waals surface area contributed by atoms with Crippen LogP contribution >= 0.6 is 11.6 Å². The van der Waals surface area contributed by atoms with E-state index in [4.69, 9.17) is 11.6 Å². The molecule has 31 heavy (non-hydrogen) atoms. The van der Waals surface area contributed by atoms with Crippen molar-refractivity contribution in [1.82, 2.24) is 9.80 Å². The van der Waals surface area contributed by atoms with Crippen molar-refractivity contribution in [2.24, 2.45) is 0 Å². The van der Waals surface area contributed by atoms with Crippen LogP contribution in [0.1, 0.15) is 27.0 Å². The van der Waals surface area contributed by atoms with Crippen molar-refractivity contribution in [1.29, 1.82) is 0 Å². The average Bonchev–Trinajstić information content (AvgIpc) is 2.79. The van der Waals surface area contributed by atoms with Crippen molar-refractivity contribution in [2.45, 2.75) is 20.0 Å². The number of piperazine rings is 1. The Balaban J connectivity index is 1.28. The van der Waals surface area contributed by atoms with Gasteiger partial charge in [-0.1, -0.05) is 60.1 Å². The van der Waals surface area contributed by atoms with Gasteiger partial charge in [0.2, 0.25) is 0 Å². The zero-order chi connectivity index (χ0) is 21.6. The summed E-state index contributed by atoms with van der Waals surface area (Å²) < 4.78 is 0. The number of hydrogen-bond acceptors (Lipinski definition) is 3. The number of anilines is 1. The molecule has 4 rings (SSSR count). The lowest BCUT2D eigenvalue weighted by Gasteiger charge is -2.34. The first-order valence-corrected chi connectivity index (χ1v) is 11.1. The van der Waals surface area contributed by atoms with Gasteiger partial charge in [0, 0.05) is 55.5 Å². The van der Waals surface area contributed by atoms with E-state index in [1.54, 1.807) is 6.07 Å². The zero-order valence-electron chi connectivity index (χ0n) is 17.9. The Hall–Kier alpha value is -2.66. The quantitative estimate of drug-likeness (QED) is 0.579. The summed E-state index contributed by atoms with van der Waals surface area (Å²) in [6.45, 7) is 8.16. The summed E-state index contributed by atoms with van der Waals surface area (Å²) >= 11 is 6.05. The molecule has 0 spiro atoms. The highest BCUT2D eigenvalue weighted by Crippen LogP contribution is 2.21. The Kier molecular flexibility index (Phi) is 7.03. The number of amides is 1. The summed E-state index contributed by atoms with van der Waals surface area (Å²) in [6.07, 6.45) is 0. The number of nitrogens with one attached hydrogen (secondary N) is 1. The van der Waals surface area contributed by atoms with Crippen molar-refractivity contribution < 1.29 is 4.79 Å². The lowest BCUT2D eigenvalue weighted by Crippen LogP contribution is -2.45. The molecule has 1 N–H and O–H groups in total. The molecule has 1 aliphatic rings. The number of benzene rings is 3. The number of hydrogen-bond donors (Lipinski definition) is 1. The van der Waals surface area contributed by atoms with Gasteiger partial charge in [0.05, 0.1) is 0 Å². The molecule has 1 saturated heterocycles. The van der Waals surface area contributed by atoms with Crippen molar-refractivity contribution in [3.63, 3.8) is 0 Å². The molecule has 160 valence electrons. The molecule has 1 fully saturated rings. The van der Waals surface area contributed by atoms with Gasteiger partial charge in [-0.2, -0.15) is 0 Å². The zero-order valence-corrected chi connectivity index (χ0v) is 18.6. The maximum absolute atomic E-state index is 12.6. The lowest BCUT2D eigenvalue weighted by atomic mass is 10.1. The second kappa shape index (κ2) is 10.1. The van der Waals surface area contributed by atoms with Gasteiger partial charge in [-0.05, 0) is 47.9 Å². The van der Waals surface area contributed by atoms with Crippen LogP contribution in [-0.4, -0.2) is 41.9 Å². The van der Waals surface area contributed by atoms with Crippen molar-refractivity contribution in [3.05, 3.63) is 100 Å². The molecule has 1 amide bonds. The largest absolute Gasteiger partial charge is 0.322 e. The molecular weight excluding hydrogens is 406 g/mol. The van der Waals surface area contributed by atoms with E-state index in [0.717, 1.165) is 50.5 Å². The fourth-order valence-electron chi connectivity index (χ4n) is 3.89. The van der Waals surface area contributed by atoms with Crippen LogP contribution in [0.3, 0.4) is 0 Å². The highest BCUT2D eigenvalue weighted by atomic mass is 35.5. The van der Waals surface area contributed by atoms with Gasteiger partial charge < -0.3 is 5.32 Å². The standard InChI is InChI=1S/C26H28ClN3O/c1-20-7-12-24(27)17-25(20)28-26(31)23-10-8-22(9-11-23)19-30-15-13-29(14-16-30)18-21-5-3-2-4-6-21/h2-12,17H,13-16,18-19H2,1H3,(H,28,31). The van der Waals surface area contributed by atoms with Gasteiger partial charge >= 0.3 is 0 Å². The van der Waals surface area contributed by atoms with Crippen molar-refractivity contribution >= 4 is 23.2 Å². The van der Waals surface area contributed by atoms with Crippen LogP contribution in [-0.2, 0) is 13.1 Å². The molecular formula is C26H28ClN3O. The first-order valence-electron chi connectivity index (χ1n) is 10.7. The average molecular weight is 434 g/mol. The van der Waals surface area contributed by atoms with E-state index >= 15 is 0 Å². The van der Waals surface area contributed by atoms with Crippen LogP contribution in [0.25, 0.3) is 0 Å². The highest BCUT2D eigenvalue weighted by molar-refractivity contribution is 6.31. The topological polar surface area (TPSA) is 35.6 Å². The Morgan fingerprint density at radius 1 is 0.839 bits per heavy atom. The minimum absolute atomic E-state index is 0.119. The molecule has 3 aromatic carbocycles. The molecule has 0 bridgehead atoms. The van der Waals surface area contributed by atoms with Gasteiger partial charge in [0.25, 0.3) is 5.91 Å². The normalized spacial score (nSPS) is 15.0. The van der Waals surface area contributed by atoms with Crippen molar-refractivity contribution in [3.8, 4) is 0 Å². The third-order valence-electron chi connectivity index (χ3n) is 5.78. The van der Waals surface area contributed by atoms with Gasteiger partial charge in [-0.25, -0.2) is 0 Å². The molecule has 0 aromatic heterocycles. The van der Waals surface area contributed by atoms with Gasteiger partial charge in [0.1, 0.15) is 0 Å². The van der Waals surface area contributed by atoms with Crippen LogP contribution in [0.5, 0.6) is 0 Å². The number of carbonyl (C=O) groups is 1. The van der Waals surface area contributed by atoms with Gasteiger partial charge in [0.15, 0.2) is 0 Å². The fraction of sp³-hybridized carbons (Fsp3) is 0.269. The molecule has 0 saturated carbocycles. The minimum Gasteiger partial charge on any atom is -0.322 e. The van der Waals surface area contributed by atoms with Gasteiger partial charge in [-0.15, -0.1) is 0 Å². The van der Waals surface area contributed by atoms with E-state index in [1.807, 2.05) is 31.2 Å². The van der Waals surface area contributed by atoms with E-state index in [1.165, 1.54) is 11.1 Å². The highest BCUT2D eigenvalue weighted by Gasteiger charge is 2.17. The third kappa shape index (κ3) is 5.95. The SMILES string of the molecule is Cc1ccc(Cl)cc1NC(=O)c1ccc(CN2CCN(Cc3ccccc3)CC2)cc1. The Morgan fingerprint density at radius 3 is 2.03 bits per heavy atom. The van der Waals surface area contributed by atoms with Crippen LogP contribution in [0.15, 0.2) is 72.8 Å². The number of rotatable bonds is 6. The molecule has 5 heteroatoms. The van der Waals surface area contributed by atoms with Crippen LogP contribution < -0.4 is 5.32 Å². The predicted octanol–water partition coefficient (Wildman–Crippen LogP) is 5.22. The first kappa shape index (κ1) is 21.6. The maximum atomic E-state index is 12.6. The summed E-state index contributed by atoms with van der Waals surface area (Å²) in [5, 5.41) is 3.56. The van der Waals surface area contributed by atoms with E-state index in [0.29, 0.717) is 10.6 Å². The first-order chi connectivity index (χ1) is 15.1. The van der Waals surface area contributed by atoms with Crippen molar-refractivity contribution in [2.75, 3.05) is 31.5 Å². The number of nitrogens with zero attached hydrogens (tertiary/aromatic N) is 2. The second-order valence-electron chi connectivity index (χ2n) is 8.15. The summed E-state index contributed by atoms with van der Waals surface area (Å²) in [5.41, 5.74) is 4.98. The predicted molar refractivity (Wildman–Crippen MR) is 128 cm³/mol.